The maximum absolute atomic E-state index is 6.18. The highest BCUT2D eigenvalue weighted by Gasteiger charge is 2.26. The highest BCUT2D eigenvalue weighted by atomic mass is 79.9. The third-order valence-corrected chi connectivity index (χ3v) is 4.36. The van der Waals surface area contributed by atoms with Crippen LogP contribution in [0.1, 0.15) is 25.7 Å². The van der Waals surface area contributed by atoms with E-state index in [-0.39, 0.29) is 0 Å². The highest BCUT2D eigenvalue weighted by Crippen LogP contribution is 2.25. The van der Waals surface area contributed by atoms with Crippen LogP contribution in [0.3, 0.4) is 0 Å². The second kappa shape index (κ2) is 5.47. The summed E-state index contributed by atoms with van der Waals surface area (Å²) in [4.78, 5) is 0.541. The number of halogens is 1. The van der Waals surface area contributed by atoms with Crippen molar-refractivity contribution in [3.05, 3.63) is 12.2 Å². The summed E-state index contributed by atoms with van der Waals surface area (Å²) in [6.45, 7) is 6.80. The molecular weight excluding hydrogens is 256 g/mol. The summed E-state index contributed by atoms with van der Waals surface area (Å²) in [5.41, 5.74) is 0. The van der Waals surface area contributed by atoms with Crippen molar-refractivity contribution in [1.82, 2.24) is 0 Å². The zero-order valence-electron chi connectivity index (χ0n) is 9.42. The average Bonchev–Trinajstić information content (AvgIpc) is 2.03. The molecule has 0 radical (unpaired) electrons. The van der Waals surface area contributed by atoms with Crippen LogP contribution in [0.4, 0.5) is 0 Å². The zero-order valence-corrected chi connectivity index (χ0v) is 12.0. The Balaban J connectivity index is 2.51. The van der Waals surface area contributed by atoms with Crippen molar-refractivity contribution in [1.29, 1.82) is 0 Å². The van der Waals surface area contributed by atoms with Gasteiger partial charge in [-0.15, -0.1) is 0 Å². The van der Waals surface area contributed by atoms with Gasteiger partial charge < -0.3 is 4.43 Å². The van der Waals surface area contributed by atoms with E-state index in [1.54, 1.807) is 0 Å². The molecule has 0 saturated carbocycles. The normalized spacial score (nSPS) is 32.0. The van der Waals surface area contributed by atoms with E-state index in [0.717, 1.165) is 12.8 Å². The van der Waals surface area contributed by atoms with Gasteiger partial charge in [-0.05, 0) is 45.3 Å². The third-order valence-electron chi connectivity index (χ3n) is 2.30. The molecular formula is C11H21BrOSi. The van der Waals surface area contributed by atoms with Gasteiger partial charge in [-0.1, -0.05) is 28.1 Å². The fourth-order valence-electron chi connectivity index (χ4n) is 1.71. The van der Waals surface area contributed by atoms with Gasteiger partial charge in [-0.2, -0.15) is 0 Å². The molecule has 1 rings (SSSR count). The van der Waals surface area contributed by atoms with Crippen LogP contribution in [0.25, 0.3) is 0 Å². The van der Waals surface area contributed by atoms with E-state index >= 15 is 0 Å². The average molecular weight is 277 g/mol. The first-order valence-corrected chi connectivity index (χ1v) is 9.78. The molecule has 0 saturated heterocycles. The van der Waals surface area contributed by atoms with E-state index in [0.29, 0.717) is 10.9 Å². The minimum absolute atomic E-state index is 0.423. The summed E-state index contributed by atoms with van der Waals surface area (Å²) in [6.07, 6.45) is 9.71. The molecule has 3 heteroatoms. The van der Waals surface area contributed by atoms with E-state index in [1.807, 2.05) is 0 Å². The molecule has 1 aliphatic carbocycles. The van der Waals surface area contributed by atoms with Crippen molar-refractivity contribution in [2.75, 3.05) is 0 Å². The maximum Gasteiger partial charge on any atom is 0.184 e. The second-order valence-electron chi connectivity index (χ2n) is 4.91. The van der Waals surface area contributed by atoms with Gasteiger partial charge >= 0.3 is 0 Å². The molecule has 0 bridgehead atoms. The molecule has 0 aromatic carbocycles. The molecule has 0 heterocycles. The molecule has 82 valence electrons. The number of rotatable bonds is 2. The predicted molar refractivity (Wildman–Crippen MR) is 68.5 cm³/mol. The van der Waals surface area contributed by atoms with E-state index in [2.05, 4.69) is 47.7 Å². The van der Waals surface area contributed by atoms with Crippen LogP contribution in [0.15, 0.2) is 12.2 Å². The Kier molecular flexibility index (Phi) is 4.87. The maximum atomic E-state index is 6.18. The first-order chi connectivity index (χ1) is 6.49. The van der Waals surface area contributed by atoms with Crippen molar-refractivity contribution in [2.45, 2.75) is 56.3 Å². The quantitative estimate of drug-likeness (QED) is 0.419. The lowest BCUT2D eigenvalue weighted by molar-refractivity contribution is 0.179. The lowest BCUT2D eigenvalue weighted by atomic mass is 10.0. The Bertz CT molecular complexity index is 198. The summed E-state index contributed by atoms with van der Waals surface area (Å²) in [5, 5.41) is 0. The van der Waals surface area contributed by atoms with Crippen molar-refractivity contribution in [2.24, 2.45) is 0 Å². The van der Waals surface area contributed by atoms with Crippen molar-refractivity contribution >= 4 is 24.2 Å². The summed E-state index contributed by atoms with van der Waals surface area (Å²) >= 11 is 3.76. The van der Waals surface area contributed by atoms with Crippen molar-refractivity contribution in [3.63, 3.8) is 0 Å². The minimum atomic E-state index is -1.38. The monoisotopic (exact) mass is 276 g/mol. The Labute approximate surface area is 97.2 Å². The fraction of sp³-hybridized carbons (Fsp3) is 0.818. The molecule has 0 spiro atoms. The lowest BCUT2D eigenvalue weighted by Crippen LogP contribution is -2.37. The molecule has 0 N–H and O–H groups in total. The van der Waals surface area contributed by atoms with E-state index in [4.69, 9.17) is 4.43 Å². The Morgan fingerprint density at radius 2 is 1.71 bits per heavy atom. The first-order valence-electron chi connectivity index (χ1n) is 5.46. The van der Waals surface area contributed by atoms with E-state index < -0.39 is 8.32 Å². The van der Waals surface area contributed by atoms with Crippen LogP contribution in [0.5, 0.6) is 0 Å². The summed E-state index contributed by atoms with van der Waals surface area (Å²) in [7, 11) is -1.38. The van der Waals surface area contributed by atoms with Crippen LogP contribution in [0.2, 0.25) is 19.6 Å². The second-order valence-corrected chi connectivity index (χ2v) is 10.5. The van der Waals surface area contributed by atoms with Gasteiger partial charge in [-0.25, -0.2) is 0 Å². The Hall–Kier alpha value is 0.397. The first kappa shape index (κ1) is 12.5. The van der Waals surface area contributed by atoms with Crippen LogP contribution >= 0.6 is 15.9 Å². The van der Waals surface area contributed by atoms with Gasteiger partial charge in [0.15, 0.2) is 8.32 Å². The molecule has 0 amide bonds. The standard InChI is InChI=1S/C11H21BrOSi/c1-14(2,3)13-11-9-7-5-4-6-8-10(11)12/h4-5,10-11H,6-9H2,1-3H3/b5-4-/t10-,11-/m0/s1. The zero-order chi connectivity index (χ0) is 10.6. The summed E-state index contributed by atoms with van der Waals surface area (Å²) in [6, 6.07) is 0. The van der Waals surface area contributed by atoms with E-state index in [1.165, 1.54) is 12.8 Å². The molecule has 0 aromatic heterocycles. The summed E-state index contributed by atoms with van der Waals surface area (Å²) in [5.74, 6) is 0. The van der Waals surface area contributed by atoms with Gasteiger partial charge in [-0.3, -0.25) is 0 Å². The molecule has 1 aliphatic rings. The Morgan fingerprint density at radius 3 is 2.29 bits per heavy atom. The Morgan fingerprint density at radius 1 is 1.14 bits per heavy atom. The molecule has 0 unspecified atom stereocenters. The third kappa shape index (κ3) is 4.76. The van der Waals surface area contributed by atoms with Crippen LogP contribution in [-0.2, 0) is 4.43 Å². The predicted octanol–water partition coefficient (Wildman–Crippen LogP) is 4.10. The van der Waals surface area contributed by atoms with E-state index in [9.17, 15) is 0 Å². The summed E-state index contributed by atoms with van der Waals surface area (Å²) < 4.78 is 6.18. The minimum Gasteiger partial charge on any atom is -0.414 e. The van der Waals surface area contributed by atoms with Gasteiger partial charge in [0.25, 0.3) is 0 Å². The molecule has 14 heavy (non-hydrogen) atoms. The SMILES string of the molecule is C[Si](C)(C)O[C@H]1CC/C=C\CC[C@@H]1Br. The molecule has 1 nitrogen and oxygen atoms in total. The van der Waals surface area contributed by atoms with Gasteiger partial charge in [0.2, 0.25) is 0 Å². The number of allylic oxidation sites excluding steroid dienone is 2. The van der Waals surface area contributed by atoms with Gasteiger partial charge in [0.05, 0.1) is 6.10 Å². The highest BCUT2D eigenvalue weighted by molar-refractivity contribution is 9.09. The molecule has 2 atom stereocenters. The molecule has 0 aliphatic heterocycles. The van der Waals surface area contributed by atoms with Crippen LogP contribution in [0, 0.1) is 0 Å². The smallest absolute Gasteiger partial charge is 0.184 e. The molecule has 0 aromatic rings. The topological polar surface area (TPSA) is 9.23 Å². The molecule has 0 fully saturated rings. The van der Waals surface area contributed by atoms with Crippen molar-refractivity contribution < 1.29 is 4.43 Å². The number of alkyl halides is 1. The lowest BCUT2D eigenvalue weighted by Gasteiger charge is -2.30. The number of hydrogen-bond acceptors (Lipinski definition) is 1. The van der Waals surface area contributed by atoms with Gasteiger partial charge in [0, 0.05) is 4.83 Å². The number of hydrogen-bond donors (Lipinski definition) is 0. The van der Waals surface area contributed by atoms with Crippen LogP contribution < -0.4 is 0 Å². The fourth-order valence-corrected chi connectivity index (χ4v) is 3.73. The largest absolute Gasteiger partial charge is 0.414 e. The van der Waals surface area contributed by atoms with Gasteiger partial charge in [0.1, 0.15) is 0 Å². The van der Waals surface area contributed by atoms with Crippen molar-refractivity contribution in [3.8, 4) is 0 Å². The van der Waals surface area contributed by atoms with Crippen LogP contribution in [-0.4, -0.2) is 19.2 Å².